The summed E-state index contributed by atoms with van der Waals surface area (Å²) < 4.78 is 6.05. The Labute approximate surface area is 148 Å². The van der Waals surface area contributed by atoms with Crippen LogP contribution in [0, 0.1) is 13.8 Å². The molecule has 1 N–H and O–H groups in total. The van der Waals surface area contributed by atoms with Crippen LogP contribution in [0.3, 0.4) is 0 Å². The fourth-order valence-corrected chi connectivity index (χ4v) is 2.82. The van der Waals surface area contributed by atoms with Crippen molar-refractivity contribution >= 4 is 22.4 Å². The molecule has 0 unspecified atom stereocenters. The van der Waals surface area contributed by atoms with Crippen LogP contribution >= 0.6 is 0 Å². The van der Waals surface area contributed by atoms with Gasteiger partial charge in [0.15, 0.2) is 6.10 Å². The molecule has 1 atom stereocenters. The van der Waals surface area contributed by atoms with E-state index in [1.54, 1.807) is 0 Å². The van der Waals surface area contributed by atoms with Gasteiger partial charge in [0.05, 0.1) is 0 Å². The smallest absolute Gasteiger partial charge is 0.265 e. The fourth-order valence-electron chi connectivity index (χ4n) is 2.82. The Morgan fingerprint density at radius 2 is 1.76 bits per heavy atom. The lowest BCUT2D eigenvalue weighted by Gasteiger charge is -2.19. The Bertz CT molecular complexity index is 896. The number of aryl methyl sites for hydroxylation is 2. The standard InChI is InChI=1S/C22H23NO2/c1-4-20(22(24)23-18-13-12-15(2)16(3)14-18)25-21-11-7-9-17-8-5-6-10-19(17)21/h5-14,20H,4H2,1-3H3,(H,23,24)/t20-/m1/s1. The SMILES string of the molecule is CC[C@@H](Oc1cccc2ccccc12)C(=O)Nc1ccc(C)c(C)c1. The van der Waals surface area contributed by atoms with Gasteiger partial charge in [0.1, 0.15) is 5.75 Å². The molecule has 0 fully saturated rings. The maximum atomic E-state index is 12.6. The Hall–Kier alpha value is -2.81. The van der Waals surface area contributed by atoms with E-state index in [9.17, 15) is 4.79 Å². The van der Waals surface area contributed by atoms with Gasteiger partial charge in [0.25, 0.3) is 5.91 Å². The minimum absolute atomic E-state index is 0.126. The van der Waals surface area contributed by atoms with Crippen LogP contribution in [-0.4, -0.2) is 12.0 Å². The Morgan fingerprint density at radius 1 is 1.00 bits per heavy atom. The normalized spacial score (nSPS) is 12.0. The minimum atomic E-state index is -0.535. The van der Waals surface area contributed by atoms with Crippen molar-refractivity contribution in [1.82, 2.24) is 0 Å². The third-order valence-electron chi connectivity index (χ3n) is 4.46. The quantitative estimate of drug-likeness (QED) is 0.692. The third-order valence-corrected chi connectivity index (χ3v) is 4.46. The maximum absolute atomic E-state index is 12.6. The number of amides is 1. The highest BCUT2D eigenvalue weighted by Gasteiger charge is 2.19. The molecular formula is C22H23NO2. The Kier molecular flexibility index (Phi) is 5.03. The summed E-state index contributed by atoms with van der Waals surface area (Å²) >= 11 is 0. The predicted octanol–water partition coefficient (Wildman–Crippen LogP) is 5.25. The van der Waals surface area contributed by atoms with Gasteiger partial charge < -0.3 is 10.1 Å². The van der Waals surface area contributed by atoms with Crippen LogP contribution in [0.4, 0.5) is 5.69 Å². The monoisotopic (exact) mass is 333 g/mol. The molecule has 128 valence electrons. The van der Waals surface area contributed by atoms with E-state index in [2.05, 4.69) is 12.2 Å². The van der Waals surface area contributed by atoms with E-state index in [1.165, 1.54) is 5.56 Å². The van der Waals surface area contributed by atoms with Gasteiger partial charge in [-0.1, -0.05) is 49.4 Å². The summed E-state index contributed by atoms with van der Waals surface area (Å²) in [7, 11) is 0. The minimum Gasteiger partial charge on any atom is -0.480 e. The zero-order chi connectivity index (χ0) is 17.8. The third kappa shape index (κ3) is 3.82. The van der Waals surface area contributed by atoms with E-state index in [4.69, 9.17) is 4.74 Å². The van der Waals surface area contributed by atoms with E-state index in [-0.39, 0.29) is 5.91 Å². The molecule has 3 aromatic carbocycles. The second-order valence-electron chi connectivity index (χ2n) is 6.28. The largest absolute Gasteiger partial charge is 0.480 e. The number of hydrogen-bond donors (Lipinski definition) is 1. The van der Waals surface area contributed by atoms with Crippen molar-refractivity contribution in [3.63, 3.8) is 0 Å². The van der Waals surface area contributed by atoms with Gasteiger partial charge in [-0.05, 0) is 55.0 Å². The molecule has 3 rings (SSSR count). The van der Waals surface area contributed by atoms with E-state index < -0.39 is 6.10 Å². The average Bonchev–Trinajstić information content (AvgIpc) is 2.62. The lowest BCUT2D eigenvalue weighted by molar-refractivity contribution is -0.122. The van der Waals surface area contributed by atoms with Crippen molar-refractivity contribution in [2.24, 2.45) is 0 Å². The lowest BCUT2D eigenvalue weighted by atomic mass is 10.1. The number of benzene rings is 3. The number of fused-ring (bicyclic) bond motifs is 1. The maximum Gasteiger partial charge on any atom is 0.265 e. The molecule has 0 aliphatic rings. The summed E-state index contributed by atoms with van der Waals surface area (Å²) in [5.41, 5.74) is 3.16. The zero-order valence-electron chi connectivity index (χ0n) is 14.9. The van der Waals surface area contributed by atoms with Gasteiger partial charge in [-0.3, -0.25) is 4.79 Å². The summed E-state index contributed by atoms with van der Waals surface area (Å²) in [4.78, 5) is 12.6. The van der Waals surface area contributed by atoms with Gasteiger partial charge in [-0.15, -0.1) is 0 Å². The summed E-state index contributed by atoms with van der Waals surface area (Å²) in [6.45, 7) is 6.05. The molecule has 0 saturated heterocycles. The highest BCUT2D eigenvalue weighted by Crippen LogP contribution is 2.27. The van der Waals surface area contributed by atoms with Crippen molar-refractivity contribution in [3.05, 3.63) is 71.8 Å². The average molecular weight is 333 g/mol. The van der Waals surface area contributed by atoms with Crippen molar-refractivity contribution < 1.29 is 9.53 Å². The van der Waals surface area contributed by atoms with Crippen LogP contribution in [0.1, 0.15) is 24.5 Å². The fraction of sp³-hybridized carbons (Fsp3) is 0.227. The summed E-state index contributed by atoms with van der Waals surface area (Å²) in [5, 5.41) is 5.08. The van der Waals surface area contributed by atoms with Crippen LogP contribution in [-0.2, 0) is 4.79 Å². The molecular weight excluding hydrogens is 310 g/mol. The number of carbonyl (C=O) groups excluding carboxylic acids is 1. The molecule has 3 nitrogen and oxygen atoms in total. The highest BCUT2D eigenvalue weighted by molar-refractivity contribution is 5.95. The number of ether oxygens (including phenoxy) is 1. The Morgan fingerprint density at radius 3 is 2.52 bits per heavy atom. The van der Waals surface area contributed by atoms with Crippen LogP contribution in [0.2, 0.25) is 0 Å². The van der Waals surface area contributed by atoms with Gasteiger partial charge in [0.2, 0.25) is 0 Å². The molecule has 1 amide bonds. The van der Waals surface area contributed by atoms with Crippen molar-refractivity contribution in [3.8, 4) is 5.75 Å². The first-order valence-electron chi connectivity index (χ1n) is 8.61. The first-order chi connectivity index (χ1) is 12.1. The highest BCUT2D eigenvalue weighted by atomic mass is 16.5. The molecule has 0 aliphatic heterocycles. The number of hydrogen-bond acceptors (Lipinski definition) is 2. The van der Waals surface area contributed by atoms with E-state index in [0.717, 1.165) is 27.8 Å². The van der Waals surface area contributed by atoms with Gasteiger partial charge in [0, 0.05) is 11.1 Å². The van der Waals surface area contributed by atoms with Crippen molar-refractivity contribution in [2.45, 2.75) is 33.3 Å². The molecule has 0 saturated carbocycles. The van der Waals surface area contributed by atoms with Crippen molar-refractivity contribution in [2.75, 3.05) is 5.32 Å². The molecule has 3 aromatic rings. The van der Waals surface area contributed by atoms with Crippen LogP contribution < -0.4 is 10.1 Å². The first-order valence-corrected chi connectivity index (χ1v) is 8.61. The van der Waals surface area contributed by atoms with Gasteiger partial charge >= 0.3 is 0 Å². The summed E-state index contributed by atoms with van der Waals surface area (Å²) in [6, 6.07) is 19.8. The molecule has 0 aliphatic carbocycles. The number of nitrogens with one attached hydrogen (secondary N) is 1. The zero-order valence-corrected chi connectivity index (χ0v) is 14.9. The van der Waals surface area contributed by atoms with E-state index in [1.807, 2.05) is 74.5 Å². The van der Waals surface area contributed by atoms with E-state index >= 15 is 0 Å². The number of rotatable bonds is 5. The van der Waals surface area contributed by atoms with Crippen LogP contribution in [0.25, 0.3) is 10.8 Å². The van der Waals surface area contributed by atoms with Crippen LogP contribution in [0.15, 0.2) is 60.7 Å². The first kappa shape index (κ1) is 17.0. The molecule has 0 bridgehead atoms. The van der Waals surface area contributed by atoms with Gasteiger partial charge in [-0.25, -0.2) is 0 Å². The molecule has 0 spiro atoms. The van der Waals surface area contributed by atoms with Crippen LogP contribution in [0.5, 0.6) is 5.75 Å². The summed E-state index contributed by atoms with van der Waals surface area (Å²) in [6.07, 6.45) is 0.0623. The second-order valence-corrected chi connectivity index (χ2v) is 6.28. The Balaban J connectivity index is 1.79. The molecule has 0 aromatic heterocycles. The van der Waals surface area contributed by atoms with Crippen molar-refractivity contribution in [1.29, 1.82) is 0 Å². The molecule has 0 radical (unpaired) electrons. The summed E-state index contributed by atoms with van der Waals surface area (Å²) in [5.74, 6) is 0.610. The number of anilines is 1. The number of carbonyl (C=O) groups is 1. The second kappa shape index (κ2) is 7.39. The van der Waals surface area contributed by atoms with E-state index in [0.29, 0.717) is 6.42 Å². The van der Waals surface area contributed by atoms with Gasteiger partial charge in [-0.2, -0.15) is 0 Å². The lowest BCUT2D eigenvalue weighted by Crippen LogP contribution is -2.32. The topological polar surface area (TPSA) is 38.3 Å². The molecule has 0 heterocycles. The molecule has 25 heavy (non-hydrogen) atoms. The molecule has 3 heteroatoms. The predicted molar refractivity (Wildman–Crippen MR) is 103 cm³/mol.